The Morgan fingerprint density at radius 1 is 1.04 bits per heavy atom. The van der Waals surface area contributed by atoms with Gasteiger partial charge in [0.15, 0.2) is 0 Å². The second kappa shape index (κ2) is 6.46. The van der Waals surface area contributed by atoms with E-state index in [0.717, 1.165) is 31.4 Å². The van der Waals surface area contributed by atoms with Gasteiger partial charge in [-0.05, 0) is 49.7 Å². The molecule has 0 aliphatic carbocycles. The zero-order valence-corrected chi connectivity index (χ0v) is 16.5. The number of fused-ring (bicyclic) bond motifs is 1. The zero-order valence-electron chi connectivity index (χ0n) is 14.1. The van der Waals surface area contributed by atoms with Gasteiger partial charge in [-0.1, -0.05) is 23.5 Å². The van der Waals surface area contributed by atoms with Crippen molar-refractivity contribution in [3.8, 4) is 10.6 Å². The molecule has 0 saturated heterocycles. The Hall–Kier alpha value is -2.29. The third-order valence-corrected chi connectivity index (χ3v) is 7.76. The molecular weight excluding hydrogens is 386 g/mol. The SMILES string of the molecule is Cc1ccc(S(=O)(=O)Nc2cc(-c3nc4cccnc4s3)ccc2C)s1. The second-order valence-corrected chi connectivity index (χ2v) is 10.0. The Morgan fingerprint density at radius 3 is 2.62 bits per heavy atom. The molecule has 5 nitrogen and oxygen atoms in total. The molecule has 1 N–H and O–H groups in total. The highest BCUT2D eigenvalue weighted by Gasteiger charge is 2.18. The quantitative estimate of drug-likeness (QED) is 0.531. The van der Waals surface area contributed by atoms with Gasteiger partial charge in [-0.25, -0.2) is 18.4 Å². The van der Waals surface area contributed by atoms with Crippen molar-refractivity contribution in [1.29, 1.82) is 0 Å². The molecule has 8 heteroatoms. The Bertz CT molecular complexity index is 1180. The first-order valence-corrected chi connectivity index (χ1v) is 11.0. The summed E-state index contributed by atoms with van der Waals surface area (Å²) in [7, 11) is -3.60. The number of benzene rings is 1. The van der Waals surface area contributed by atoms with E-state index in [9.17, 15) is 8.42 Å². The Labute approximate surface area is 159 Å². The van der Waals surface area contributed by atoms with Crippen LogP contribution < -0.4 is 4.72 Å². The number of rotatable bonds is 4. The molecule has 0 atom stereocenters. The lowest BCUT2D eigenvalue weighted by Gasteiger charge is -2.10. The molecule has 0 fully saturated rings. The molecule has 0 bridgehead atoms. The van der Waals surface area contributed by atoms with E-state index in [4.69, 9.17) is 0 Å². The van der Waals surface area contributed by atoms with Crippen LogP contribution in [0.2, 0.25) is 0 Å². The van der Waals surface area contributed by atoms with E-state index in [1.54, 1.807) is 18.3 Å². The molecule has 0 amide bonds. The second-order valence-electron chi connectivity index (χ2n) is 5.85. The molecule has 0 radical (unpaired) electrons. The van der Waals surface area contributed by atoms with E-state index < -0.39 is 10.0 Å². The highest BCUT2D eigenvalue weighted by Crippen LogP contribution is 2.32. The average molecular weight is 402 g/mol. The molecule has 0 spiro atoms. The highest BCUT2D eigenvalue weighted by atomic mass is 32.2. The lowest BCUT2D eigenvalue weighted by atomic mass is 10.1. The maximum absolute atomic E-state index is 12.6. The summed E-state index contributed by atoms with van der Waals surface area (Å²) in [6.45, 7) is 3.76. The fourth-order valence-corrected chi connectivity index (χ4v) is 5.82. The van der Waals surface area contributed by atoms with Crippen LogP contribution in [0.1, 0.15) is 10.4 Å². The van der Waals surface area contributed by atoms with E-state index in [1.165, 1.54) is 22.7 Å². The van der Waals surface area contributed by atoms with Crippen molar-refractivity contribution in [3.05, 3.63) is 59.1 Å². The number of aromatic nitrogens is 2. The van der Waals surface area contributed by atoms with E-state index in [0.29, 0.717) is 9.90 Å². The lowest BCUT2D eigenvalue weighted by molar-refractivity contribution is 0.603. The fraction of sp³-hybridized carbons (Fsp3) is 0.111. The van der Waals surface area contributed by atoms with Crippen LogP contribution in [0.5, 0.6) is 0 Å². The van der Waals surface area contributed by atoms with Crippen molar-refractivity contribution >= 4 is 48.7 Å². The van der Waals surface area contributed by atoms with E-state index in [2.05, 4.69) is 14.7 Å². The predicted molar refractivity (Wildman–Crippen MR) is 107 cm³/mol. The normalized spacial score (nSPS) is 11.8. The Balaban J connectivity index is 1.72. The molecule has 26 heavy (non-hydrogen) atoms. The molecule has 0 aliphatic heterocycles. The standard InChI is InChI=1S/C18H15N3O2S3/c1-11-5-7-13(17-20-14-4-3-9-19-18(14)25-17)10-15(11)21-26(22,23)16-8-6-12(2)24-16/h3-10,21H,1-2H3. The number of sulfonamides is 1. The molecular formula is C18H15N3O2S3. The van der Waals surface area contributed by atoms with Gasteiger partial charge >= 0.3 is 0 Å². The molecule has 0 saturated carbocycles. The first-order chi connectivity index (χ1) is 12.4. The van der Waals surface area contributed by atoms with Crippen LogP contribution in [0.25, 0.3) is 20.9 Å². The van der Waals surface area contributed by atoms with Gasteiger partial charge in [-0.15, -0.1) is 11.3 Å². The maximum atomic E-state index is 12.6. The van der Waals surface area contributed by atoms with Crippen LogP contribution in [-0.2, 0) is 10.0 Å². The summed E-state index contributed by atoms with van der Waals surface area (Å²) in [5.74, 6) is 0. The van der Waals surface area contributed by atoms with Gasteiger partial charge in [-0.3, -0.25) is 4.72 Å². The van der Waals surface area contributed by atoms with Gasteiger partial charge < -0.3 is 0 Å². The number of hydrogen-bond acceptors (Lipinski definition) is 6. The number of pyridine rings is 1. The number of nitrogens with one attached hydrogen (secondary N) is 1. The number of anilines is 1. The van der Waals surface area contributed by atoms with E-state index >= 15 is 0 Å². The van der Waals surface area contributed by atoms with Crippen LogP contribution in [0.4, 0.5) is 5.69 Å². The minimum atomic E-state index is -3.60. The van der Waals surface area contributed by atoms with Crippen molar-refractivity contribution in [2.45, 2.75) is 18.1 Å². The van der Waals surface area contributed by atoms with Gasteiger partial charge in [0.25, 0.3) is 10.0 Å². The van der Waals surface area contributed by atoms with Gasteiger partial charge in [0, 0.05) is 16.6 Å². The molecule has 0 aliphatic rings. The number of thiophene rings is 1. The fourth-order valence-electron chi connectivity index (χ4n) is 2.51. The first-order valence-electron chi connectivity index (χ1n) is 7.84. The van der Waals surface area contributed by atoms with Crippen LogP contribution >= 0.6 is 22.7 Å². The number of hydrogen-bond donors (Lipinski definition) is 1. The number of aryl methyl sites for hydroxylation is 2. The molecule has 0 unspecified atom stereocenters. The molecule has 4 rings (SSSR count). The molecule has 3 heterocycles. The van der Waals surface area contributed by atoms with Crippen molar-refractivity contribution in [1.82, 2.24) is 9.97 Å². The van der Waals surface area contributed by atoms with Gasteiger partial charge in [0.05, 0.1) is 5.69 Å². The van der Waals surface area contributed by atoms with Crippen molar-refractivity contribution < 1.29 is 8.42 Å². The minimum Gasteiger partial charge on any atom is -0.279 e. The first kappa shape index (κ1) is 17.1. The number of thiazole rings is 1. The smallest absolute Gasteiger partial charge is 0.271 e. The van der Waals surface area contributed by atoms with Crippen molar-refractivity contribution in [2.24, 2.45) is 0 Å². The third kappa shape index (κ3) is 3.23. The predicted octanol–water partition coefficient (Wildman–Crippen LogP) is 4.84. The zero-order chi connectivity index (χ0) is 18.3. The lowest BCUT2D eigenvalue weighted by Crippen LogP contribution is -2.12. The third-order valence-electron chi connectivity index (χ3n) is 3.88. The highest BCUT2D eigenvalue weighted by molar-refractivity contribution is 7.94. The summed E-state index contributed by atoms with van der Waals surface area (Å²) in [6.07, 6.45) is 1.74. The maximum Gasteiger partial charge on any atom is 0.271 e. The van der Waals surface area contributed by atoms with Gasteiger partial charge in [0.1, 0.15) is 19.6 Å². The van der Waals surface area contributed by atoms with Gasteiger partial charge in [-0.2, -0.15) is 0 Å². The van der Waals surface area contributed by atoms with Crippen molar-refractivity contribution in [3.63, 3.8) is 0 Å². The summed E-state index contributed by atoms with van der Waals surface area (Å²) in [4.78, 5) is 10.7. The van der Waals surface area contributed by atoms with Crippen molar-refractivity contribution in [2.75, 3.05) is 4.72 Å². The summed E-state index contributed by atoms with van der Waals surface area (Å²) in [5.41, 5.74) is 3.11. The molecule has 4 aromatic rings. The largest absolute Gasteiger partial charge is 0.279 e. The van der Waals surface area contributed by atoms with Crippen LogP contribution in [0, 0.1) is 13.8 Å². The Morgan fingerprint density at radius 2 is 1.88 bits per heavy atom. The van der Waals surface area contributed by atoms with Crippen LogP contribution in [0.3, 0.4) is 0 Å². The van der Waals surface area contributed by atoms with Crippen LogP contribution in [0.15, 0.2) is 52.9 Å². The molecule has 1 aromatic carbocycles. The monoisotopic (exact) mass is 401 g/mol. The minimum absolute atomic E-state index is 0.309. The van der Waals surface area contributed by atoms with Gasteiger partial charge in [0.2, 0.25) is 0 Å². The van der Waals surface area contributed by atoms with E-state index in [-0.39, 0.29) is 0 Å². The molecule has 3 aromatic heterocycles. The summed E-state index contributed by atoms with van der Waals surface area (Å²) >= 11 is 2.74. The summed E-state index contributed by atoms with van der Waals surface area (Å²) in [6, 6.07) is 12.9. The number of nitrogens with zero attached hydrogens (tertiary/aromatic N) is 2. The topological polar surface area (TPSA) is 72.0 Å². The summed E-state index contributed by atoms with van der Waals surface area (Å²) in [5, 5.41) is 0.811. The van der Waals surface area contributed by atoms with Crippen LogP contribution in [-0.4, -0.2) is 18.4 Å². The molecule has 132 valence electrons. The average Bonchev–Trinajstić information content (AvgIpc) is 3.23. The van der Waals surface area contributed by atoms with E-state index in [1.807, 2.05) is 44.2 Å². The summed E-state index contributed by atoms with van der Waals surface area (Å²) < 4.78 is 28.3. The Kier molecular flexibility index (Phi) is 4.26.